The van der Waals surface area contributed by atoms with E-state index in [9.17, 15) is 27.6 Å². The smallest absolute Gasteiger partial charge is 0.344 e. The molecule has 4 aromatic rings. The molecule has 1 atom stereocenters. The first-order valence-corrected chi connectivity index (χ1v) is 14.4. The second kappa shape index (κ2) is 12.8. The lowest BCUT2D eigenvalue weighted by molar-refractivity contribution is -0.137. The van der Waals surface area contributed by atoms with Gasteiger partial charge < -0.3 is 15.1 Å². The summed E-state index contributed by atoms with van der Waals surface area (Å²) in [5.41, 5.74) is 3.15. The first-order valence-electron chi connectivity index (χ1n) is 14.4. The van der Waals surface area contributed by atoms with Gasteiger partial charge in [0.05, 0.1) is 5.56 Å². The highest BCUT2D eigenvalue weighted by atomic mass is 19.4. The molecule has 9 heteroatoms. The van der Waals surface area contributed by atoms with Crippen LogP contribution >= 0.6 is 0 Å². The van der Waals surface area contributed by atoms with E-state index in [4.69, 9.17) is 0 Å². The molecule has 0 bridgehead atoms. The van der Waals surface area contributed by atoms with E-state index in [1.807, 2.05) is 25.1 Å². The zero-order valence-electron chi connectivity index (χ0n) is 24.4. The molecule has 1 aliphatic rings. The normalized spacial score (nSPS) is 13.2. The van der Waals surface area contributed by atoms with Gasteiger partial charge in [0.15, 0.2) is 0 Å². The van der Waals surface area contributed by atoms with Crippen LogP contribution in [0.3, 0.4) is 0 Å². The van der Waals surface area contributed by atoms with Crippen molar-refractivity contribution >= 4 is 23.4 Å². The third kappa shape index (κ3) is 6.37. The van der Waals surface area contributed by atoms with Gasteiger partial charge in [0, 0.05) is 37.0 Å². The maximum atomic E-state index is 13.8. The van der Waals surface area contributed by atoms with Crippen molar-refractivity contribution in [1.82, 2.24) is 10.2 Å². The predicted molar refractivity (Wildman–Crippen MR) is 163 cm³/mol. The van der Waals surface area contributed by atoms with Gasteiger partial charge in [-0.1, -0.05) is 67.6 Å². The van der Waals surface area contributed by atoms with Crippen LogP contribution in [0.25, 0.3) is 11.1 Å². The molecule has 0 saturated heterocycles. The summed E-state index contributed by atoms with van der Waals surface area (Å²) in [4.78, 5) is 43.6. The van der Waals surface area contributed by atoms with Gasteiger partial charge in [-0.25, -0.2) is 0 Å². The molecule has 0 saturated carbocycles. The van der Waals surface area contributed by atoms with E-state index in [0.717, 1.165) is 24.1 Å². The Balaban J connectivity index is 1.37. The van der Waals surface area contributed by atoms with Crippen molar-refractivity contribution in [3.63, 3.8) is 0 Å². The number of benzene rings is 4. The van der Waals surface area contributed by atoms with E-state index in [0.29, 0.717) is 53.0 Å². The van der Waals surface area contributed by atoms with Crippen LogP contribution in [-0.4, -0.2) is 42.8 Å². The van der Waals surface area contributed by atoms with E-state index >= 15 is 0 Å². The molecule has 1 aliphatic heterocycles. The van der Waals surface area contributed by atoms with Crippen molar-refractivity contribution in [3.05, 3.63) is 125 Å². The molecule has 6 nitrogen and oxygen atoms in total. The highest BCUT2D eigenvalue weighted by Crippen LogP contribution is 2.35. The Morgan fingerprint density at radius 2 is 1.59 bits per heavy atom. The molecule has 0 aliphatic carbocycles. The first kappa shape index (κ1) is 30.5. The molecule has 226 valence electrons. The van der Waals surface area contributed by atoms with Crippen molar-refractivity contribution in [2.24, 2.45) is 0 Å². The number of nitrogens with one attached hydrogen (secondary N) is 1. The minimum atomic E-state index is -4.45. The van der Waals surface area contributed by atoms with E-state index in [1.54, 1.807) is 71.4 Å². The third-order valence-corrected chi connectivity index (χ3v) is 7.75. The predicted octanol–water partition coefficient (Wildman–Crippen LogP) is 6.91. The average molecular weight is 600 g/mol. The van der Waals surface area contributed by atoms with Crippen molar-refractivity contribution in [3.8, 4) is 11.1 Å². The zero-order valence-corrected chi connectivity index (χ0v) is 24.4. The standard InChI is InChI=1S/C35H32F3N3O3/c1-3-20-40(2)34(44)31(24-9-5-4-6-10-24)39-32(42)26-15-18-30-25(22-26)19-21-41(30)33(43)29-12-8-7-11-28(29)23-13-16-27(17-14-23)35(36,37)38/h4-18,22,31H,3,19-21H2,1-2H3,(H,39,42)/t31-/m0/s1. The Labute approximate surface area is 254 Å². The molecular weight excluding hydrogens is 567 g/mol. The average Bonchev–Trinajstić information content (AvgIpc) is 3.46. The van der Waals surface area contributed by atoms with Gasteiger partial charge >= 0.3 is 6.18 Å². The number of rotatable bonds is 8. The van der Waals surface area contributed by atoms with Crippen LogP contribution in [0.15, 0.2) is 97.1 Å². The number of carbonyl (C=O) groups excluding carboxylic acids is 3. The van der Waals surface area contributed by atoms with E-state index in [2.05, 4.69) is 5.32 Å². The number of alkyl halides is 3. The van der Waals surface area contributed by atoms with Crippen LogP contribution in [0, 0.1) is 0 Å². The fraction of sp³-hybridized carbons (Fsp3) is 0.229. The molecule has 0 radical (unpaired) electrons. The lowest BCUT2D eigenvalue weighted by Crippen LogP contribution is -2.41. The quantitative estimate of drug-likeness (QED) is 0.239. The fourth-order valence-electron chi connectivity index (χ4n) is 5.47. The minimum absolute atomic E-state index is 0.212. The molecule has 3 amide bonds. The van der Waals surface area contributed by atoms with Crippen LogP contribution in [0.1, 0.15) is 56.8 Å². The number of halogens is 3. The van der Waals surface area contributed by atoms with Crippen molar-refractivity contribution in [2.45, 2.75) is 32.0 Å². The largest absolute Gasteiger partial charge is 0.416 e. The summed E-state index contributed by atoms with van der Waals surface area (Å²) in [6.45, 7) is 2.92. The molecule has 0 unspecified atom stereocenters. The van der Waals surface area contributed by atoms with E-state index in [1.165, 1.54) is 12.1 Å². The van der Waals surface area contributed by atoms with Crippen LogP contribution in [0.5, 0.6) is 0 Å². The summed E-state index contributed by atoms with van der Waals surface area (Å²) in [7, 11) is 1.71. The number of likely N-dealkylation sites (N-methyl/N-ethyl adjacent to an activating group) is 1. The number of hydrogen-bond donors (Lipinski definition) is 1. The van der Waals surface area contributed by atoms with Crippen LogP contribution < -0.4 is 10.2 Å². The highest BCUT2D eigenvalue weighted by molar-refractivity contribution is 6.11. The Morgan fingerprint density at radius 3 is 2.27 bits per heavy atom. The van der Waals surface area contributed by atoms with Gasteiger partial charge in [0.1, 0.15) is 6.04 Å². The van der Waals surface area contributed by atoms with Crippen LogP contribution in [0.2, 0.25) is 0 Å². The molecule has 0 fully saturated rings. The topological polar surface area (TPSA) is 69.7 Å². The minimum Gasteiger partial charge on any atom is -0.344 e. The number of hydrogen-bond acceptors (Lipinski definition) is 3. The fourth-order valence-corrected chi connectivity index (χ4v) is 5.47. The van der Waals surface area contributed by atoms with E-state index < -0.39 is 23.7 Å². The summed E-state index contributed by atoms with van der Waals surface area (Å²) < 4.78 is 39.3. The number of amides is 3. The number of nitrogens with zero attached hydrogens (tertiary/aromatic N) is 2. The van der Waals surface area contributed by atoms with E-state index in [-0.39, 0.29) is 11.8 Å². The van der Waals surface area contributed by atoms with Gasteiger partial charge in [-0.2, -0.15) is 13.2 Å². The molecular formula is C35H32F3N3O3. The summed E-state index contributed by atoms with van der Waals surface area (Å²) >= 11 is 0. The highest BCUT2D eigenvalue weighted by Gasteiger charge is 2.32. The van der Waals surface area contributed by atoms with Crippen molar-refractivity contribution in [2.75, 3.05) is 25.0 Å². The van der Waals surface area contributed by atoms with Gasteiger partial charge in [-0.3, -0.25) is 14.4 Å². The maximum absolute atomic E-state index is 13.8. The molecule has 1 N–H and O–H groups in total. The van der Waals surface area contributed by atoms with Gasteiger partial charge in [-0.15, -0.1) is 0 Å². The third-order valence-electron chi connectivity index (χ3n) is 7.75. The first-order chi connectivity index (χ1) is 21.1. The molecule has 0 spiro atoms. The van der Waals surface area contributed by atoms with Gasteiger partial charge in [0.25, 0.3) is 11.8 Å². The van der Waals surface area contributed by atoms with Crippen molar-refractivity contribution in [1.29, 1.82) is 0 Å². The Morgan fingerprint density at radius 1 is 0.909 bits per heavy atom. The number of carbonyl (C=O) groups is 3. The Hall–Kier alpha value is -4.92. The monoisotopic (exact) mass is 599 g/mol. The Kier molecular flexibility index (Phi) is 8.85. The van der Waals surface area contributed by atoms with Gasteiger partial charge in [-0.05, 0) is 71.5 Å². The molecule has 1 heterocycles. The second-order valence-corrected chi connectivity index (χ2v) is 10.7. The zero-order chi connectivity index (χ0) is 31.4. The molecule has 5 rings (SSSR count). The summed E-state index contributed by atoms with van der Waals surface area (Å²) in [5, 5.41) is 2.90. The lowest BCUT2D eigenvalue weighted by atomic mass is 9.97. The summed E-state index contributed by atoms with van der Waals surface area (Å²) in [6.07, 6.45) is -3.15. The second-order valence-electron chi connectivity index (χ2n) is 10.7. The Bertz CT molecular complexity index is 1670. The summed E-state index contributed by atoms with van der Waals surface area (Å²) in [6, 6.07) is 24.9. The number of fused-ring (bicyclic) bond motifs is 1. The molecule has 44 heavy (non-hydrogen) atoms. The molecule has 0 aromatic heterocycles. The maximum Gasteiger partial charge on any atom is 0.416 e. The number of anilines is 1. The van der Waals surface area contributed by atoms with Gasteiger partial charge in [0.2, 0.25) is 5.91 Å². The van der Waals surface area contributed by atoms with Crippen molar-refractivity contribution < 1.29 is 27.6 Å². The van der Waals surface area contributed by atoms with Crippen LogP contribution in [-0.2, 0) is 17.4 Å². The lowest BCUT2D eigenvalue weighted by Gasteiger charge is -2.25. The van der Waals surface area contributed by atoms with Crippen LogP contribution in [0.4, 0.5) is 18.9 Å². The SMILES string of the molecule is CCCN(C)C(=O)[C@@H](NC(=O)c1ccc2c(c1)CCN2C(=O)c1ccccc1-c1ccc(C(F)(F)F)cc1)c1ccccc1. The molecule has 4 aromatic carbocycles. The summed E-state index contributed by atoms with van der Waals surface area (Å²) in [5.74, 6) is -0.904.